The van der Waals surface area contributed by atoms with Crippen LogP contribution in [0.1, 0.15) is 55.4 Å². The Morgan fingerprint density at radius 3 is 2.31 bits per heavy atom. The van der Waals surface area contributed by atoms with Crippen LogP contribution < -0.4 is 10.2 Å². The number of carbonyl (C=O) groups excluding carboxylic acids is 1. The summed E-state index contributed by atoms with van der Waals surface area (Å²) in [5.74, 6) is -1.99. The van der Waals surface area contributed by atoms with Gasteiger partial charge in [-0.25, -0.2) is 4.98 Å². The molecule has 0 bridgehead atoms. The lowest BCUT2D eigenvalue weighted by atomic mass is 10.0. The van der Waals surface area contributed by atoms with Crippen LogP contribution in [0.15, 0.2) is 42.7 Å². The van der Waals surface area contributed by atoms with E-state index in [1.54, 1.807) is 42.7 Å². The molecule has 9 nitrogen and oxygen atoms in total. The summed E-state index contributed by atoms with van der Waals surface area (Å²) in [6.07, 6.45) is 11.1. The van der Waals surface area contributed by atoms with Crippen LogP contribution in [-0.2, 0) is 0 Å². The number of rotatable bonds is 5. The summed E-state index contributed by atoms with van der Waals surface area (Å²) in [5.41, 5.74) is 0.843. The fourth-order valence-corrected chi connectivity index (χ4v) is 5.83. The summed E-state index contributed by atoms with van der Waals surface area (Å²) in [6, 6.07) is 9.72. The van der Waals surface area contributed by atoms with E-state index in [0.29, 0.717) is 30.6 Å². The lowest BCUT2D eigenvalue weighted by Gasteiger charge is -2.40. The molecule has 0 radical (unpaired) electrons. The number of aromatic nitrogens is 2. The molecular weight excluding hydrogens is 444 g/mol. The van der Waals surface area contributed by atoms with E-state index in [4.69, 9.17) is 0 Å². The summed E-state index contributed by atoms with van der Waals surface area (Å²) in [6.45, 7) is 4.05. The van der Waals surface area contributed by atoms with Crippen molar-refractivity contribution in [3.63, 3.8) is 0 Å². The largest absolute Gasteiger partial charge is 0.349 e. The van der Waals surface area contributed by atoms with Crippen LogP contribution in [0.25, 0.3) is 0 Å². The molecule has 0 spiro atoms. The molecule has 0 atom stereocenters. The molecule has 1 saturated carbocycles. The SMILES string of the molecule is O=C(Nc1ccncc1)c1cccc(N2CCN(C3CCN(C4CCCC4)CC3)CCC2(O)O)n1. The zero-order valence-corrected chi connectivity index (χ0v) is 20.2. The number of hydrogen-bond donors (Lipinski definition) is 3. The Morgan fingerprint density at radius 2 is 1.57 bits per heavy atom. The second kappa shape index (κ2) is 10.6. The highest BCUT2D eigenvalue weighted by Gasteiger charge is 2.38. The summed E-state index contributed by atoms with van der Waals surface area (Å²) in [5, 5.41) is 24.7. The van der Waals surface area contributed by atoms with Gasteiger partial charge in [0.15, 0.2) is 0 Å². The first-order valence-electron chi connectivity index (χ1n) is 12.9. The third kappa shape index (κ3) is 5.64. The first-order valence-corrected chi connectivity index (χ1v) is 12.9. The van der Waals surface area contributed by atoms with E-state index in [0.717, 1.165) is 38.5 Å². The lowest BCUT2D eigenvalue weighted by molar-refractivity contribution is -0.163. The highest BCUT2D eigenvalue weighted by molar-refractivity contribution is 6.03. The van der Waals surface area contributed by atoms with Crippen LogP contribution in [0.3, 0.4) is 0 Å². The monoisotopic (exact) mass is 480 g/mol. The Bertz CT molecular complexity index is 990. The average Bonchev–Trinajstić information content (AvgIpc) is 3.36. The van der Waals surface area contributed by atoms with Gasteiger partial charge in [-0.2, -0.15) is 0 Å². The highest BCUT2D eigenvalue weighted by atomic mass is 16.5. The van der Waals surface area contributed by atoms with Crippen molar-refractivity contribution < 1.29 is 15.0 Å². The van der Waals surface area contributed by atoms with E-state index >= 15 is 0 Å². The summed E-state index contributed by atoms with van der Waals surface area (Å²) in [7, 11) is 0. The minimum Gasteiger partial charge on any atom is -0.349 e. The fraction of sp³-hybridized carbons (Fsp3) is 0.577. The van der Waals surface area contributed by atoms with Gasteiger partial charge in [-0.15, -0.1) is 0 Å². The lowest BCUT2D eigenvalue weighted by Crippen LogP contribution is -2.50. The van der Waals surface area contributed by atoms with E-state index in [9.17, 15) is 15.0 Å². The minimum absolute atomic E-state index is 0.199. The molecule has 2 saturated heterocycles. The molecular formula is C26H36N6O3. The van der Waals surface area contributed by atoms with Gasteiger partial charge in [-0.05, 0) is 63.0 Å². The van der Waals surface area contributed by atoms with Gasteiger partial charge in [0.05, 0.1) is 0 Å². The molecule has 9 heteroatoms. The molecule has 3 aliphatic rings. The molecule has 2 aromatic rings. The van der Waals surface area contributed by atoms with Gasteiger partial charge in [0.1, 0.15) is 11.5 Å². The molecule has 4 heterocycles. The Hall–Kier alpha value is -2.59. The van der Waals surface area contributed by atoms with Gasteiger partial charge in [0.2, 0.25) is 5.91 Å². The van der Waals surface area contributed by atoms with Crippen molar-refractivity contribution in [1.29, 1.82) is 0 Å². The van der Waals surface area contributed by atoms with Crippen LogP contribution in [0.5, 0.6) is 0 Å². The van der Waals surface area contributed by atoms with E-state index in [1.165, 1.54) is 30.6 Å². The topological polar surface area (TPSA) is 105 Å². The van der Waals surface area contributed by atoms with Crippen molar-refractivity contribution in [2.45, 2.75) is 62.9 Å². The van der Waals surface area contributed by atoms with Crippen LogP contribution in [0.2, 0.25) is 0 Å². The van der Waals surface area contributed by atoms with Crippen LogP contribution in [0.4, 0.5) is 11.5 Å². The van der Waals surface area contributed by atoms with Gasteiger partial charge in [0.25, 0.3) is 5.91 Å². The Kier molecular flexibility index (Phi) is 7.29. The number of amides is 1. The van der Waals surface area contributed by atoms with Crippen LogP contribution >= 0.6 is 0 Å². The summed E-state index contributed by atoms with van der Waals surface area (Å²) in [4.78, 5) is 27.7. The highest BCUT2D eigenvalue weighted by Crippen LogP contribution is 2.30. The first kappa shape index (κ1) is 24.1. The van der Waals surface area contributed by atoms with Gasteiger partial charge < -0.3 is 25.3 Å². The van der Waals surface area contributed by atoms with Gasteiger partial charge >= 0.3 is 0 Å². The molecule has 2 aromatic heterocycles. The number of pyridine rings is 2. The molecule has 188 valence electrons. The second-order valence-electron chi connectivity index (χ2n) is 9.99. The third-order valence-electron chi connectivity index (χ3n) is 7.82. The predicted octanol–water partition coefficient (Wildman–Crippen LogP) is 2.29. The number of carbonyl (C=O) groups is 1. The van der Waals surface area contributed by atoms with Crippen molar-refractivity contribution >= 4 is 17.4 Å². The molecule has 2 aliphatic heterocycles. The normalized spacial score (nSPS) is 22.7. The smallest absolute Gasteiger partial charge is 0.274 e. The molecule has 3 N–H and O–H groups in total. The van der Waals surface area contributed by atoms with Crippen molar-refractivity contribution in [1.82, 2.24) is 19.8 Å². The van der Waals surface area contributed by atoms with Gasteiger partial charge in [0, 0.05) is 56.2 Å². The Balaban J connectivity index is 1.23. The van der Waals surface area contributed by atoms with Crippen molar-refractivity contribution in [2.24, 2.45) is 0 Å². The number of aliphatic hydroxyl groups is 2. The van der Waals surface area contributed by atoms with Crippen molar-refractivity contribution in [3.8, 4) is 0 Å². The number of likely N-dealkylation sites (tertiary alicyclic amines) is 1. The average molecular weight is 481 g/mol. The maximum atomic E-state index is 12.7. The van der Waals surface area contributed by atoms with Gasteiger partial charge in [-0.3, -0.25) is 14.7 Å². The van der Waals surface area contributed by atoms with Gasteiger partial charge in [-0.1, -0.05) is 18.9 Å². The summed E-state index contributed by atoms with van der Waals surface area (Å²) >= 11 is 0. The van der Waals surface area contributed by atoms with Crippen LogP contribution in [-0.4, -0.2) is 86.6 Å². The van der Waals surface area contributed by atoms with E-state index in [1.807, 2.05) is 0 Å². The quantitative estimate of drug-likeness (QED) is 0.560. The molecule has 0 aromatic carbocycles. The molecule has 5 rings (SSSR count). The zero-order valence-electron chi connectivity index (χ0n) is 20.2. The van der Waals surface area contributed by atoms with E-state index in [-0.39, 0.29) is 18.0 Å². The number of hydrogen-bond acceptors (Lipinski definition) is 8. The van der Waals surface area contributed by atoms with E-state index < -0.39 is 5.91 Å². The van der Waals surface area contributed by atoms with Crippen LogP contribution in [0, 0.1) is 0 Å². The molecule has 1 amide bonds. The third-order valence-corrected chi connectivity index (χ3v) is 7.82. The minimum atomic E-state index is -2.02. The number of anilines is 2. The Morgan fingerprint density at radius 1 is 0.886 bits per heavy atom. The number of piperidine rings is 1. The molecule has 1 aliphatic carbocycles. The first-order chi connectivity index (χ1) is 17.0. The summed E-state index contributed by atoms with van der Waals surface area (Å²) < 4.78 is 0. The molecule has 35 heavy (non-hydrogen) atoms. The zero-order chi connectivity index (χ0) is 24.3. The maximum absolute atomic E-state index is 12.7. The Labute approximate surface area is 206 Å². The molecule has 3 fully saturated rings. The fourth-order valence-electron chi connectivity index (χ4n) is 5.83. The number of nitrogens with zero attached hydrogens (tertiary/aromatic N) is 5. The van der Waals surface area contributed by atoms with Crippen molar-refractivity contribution in [2.75, 3.05) is 42.9 Å². The second-order valence-corrected chi connectivity index (χ2v) is 9.99. The van der Waals surface area contributed by atoms with E-state index in [2.05, 4.69) is 25.1 Å². The maximum Gasteiger partial charge on any atom is 0.274 e. The number of nitrogens with one attached hydrogen (secondary N) is 1. The predicted molar refractivity (Wildman–Crippen MR) is 134 cm³/mol. The van der Waals surface area contributed by atoms with Crippen molar-refractivity contribution in [3.05, 3.63) is 48.4 Å². The molecule has 0 unspecified atom stereocenters. The standard InChI is InChI=1S/C26H36N6O3/c33-25(28-20-8-13-27-14-9-20)23-6-3-7-24(29-23)32-19-18-31(17-12-26(32,34)35)22-10-15-30(16-11-22)21-4-1-2-5-21/h3,6-9,13-14,21-22,34-35H,1-2,4-5,10-12,15-19H2,(H,27,28,33).